The Kier molecular flexibility index (Phi) is 4.97. The molecule has 2 amide bonds. The fourth-order valence-electron chi connectivity index (χ4n) is 2.98. The molecule has 0 aromatic rings. The number of nitrogens with zero attached hydrogens (tertiary/aromatic N) is 1. The molecule has 1 aliphatic rings. The maximum atomic E-state index is 10.7. The van der Waals surface area contributed by atoms with Crippen LogP contribution >= 0.6 is 0 Å². The standard InChI is InChI=1S/C13H25N3O/c1-10(2)9-13(7-5-4-6-8-13)11(3)15-16-12(14)17/h10H,4-9H2,1-3H3,(H3,14,16,17)/b15-11-. The molecule has 1 aliphatic carbocycles. The first-order valence-corrected chi connectivity index (χ1v) is 6.56. The van der Waals surface area contributed by atoms with Crippen LogP contribution in [0, 0.1) is 11.3 Å². The molecule has 0 saturated heterocycles. The molecule has 1 rings (SSSR count). The number of hydrogen-bond donors (Lipinski definition) is 2. The molecular weight excluding hydrogens is 214 g/mol. The second-order valence-corrected chi connectivity index (χ2v) is 5.61. The number of hydrogen-bond acceptors (Lipinski definition) is 2. The molecule has 0 spiro atoms. The van der Waals surface area contributed by atoms with Crippen LogP contribution in [0.15, 0.2) is 5.10 Å². The first kappa shape index (κ1) is 14.0. The van der Waals surface area contributed by atoms with E-state index in [9.17, 15) is 4.79 Å². The minimum atomic E-state index is -0.583. The van der Waals surface area contributed by atoms with Crippen LogP contribution in [0.25, 0.3) is 0 Å². The predicted octanol–water partition coefficient (Wildman–Crippen LogP) is 3.03. The molecule has 0 aliphatic heterocycles. The monoisotopic (exact) mass is 239 g/mol. The first-order chi connectivity index (χ1) is 7.96. The van der Waals surface area contributed by atoms with Crippen molar-refractivity contribution in [2.45, 2.75) is 59.3 Å². The maximum Gasteiger partial charge on any atom is 0.332 e. The summed E-state index contributed by atoms with van der Waals surface area (Å²) in [5, 5.41) is 4.16. The number of primary amides is 1. The average Bonchev–Trinajstić information content (AvgIpc) is 2.26. The van der Waals surface area contributed by atoms with Gasteiger partial charge in [0.15, 0.2) is 0 Å². The lowest BCUT2D eigenvalue weighted by Crippen LogP contribution is -2.36. The van der Waals surface area contributed by atoms with E-state index in [4.69, 9.17) is 5.73 Å². The minimum absolute atomic E-state index is 0.175. The zero-order valence-corrected chi connectivity index (χ0v) is 11.3. The third-order valence-corrected chi connectivity index (χ3v) is 3.71. The molecule has 0 aromatic carbocycles. The zero-order chi connectivity index (χ0) is 12.9. The smallest absolute Gasteiger partial charge is 0.332 e. The van der Waals surface area contributed by atoms with Gasteiger partial charge < -0.3 is 5.73 Å². The highest BCUT2D eigenvalue weighted by Gasteiger charge is 2.35. The Bertz CT molecular complexity index is 291. The summed E-state index contributed by atoms with van der Waals surface area (Å²) in [7, 11) is 0. The van der Waals surface area contributed by atoms with Crippen LogP contribution in [0.2, 0.25) is 0 Å². The zero-order valence-electron chi connectivity index (χ0n) is 11.3. The van der Waals surface area contributed by atoms with Gasteiger partial charge in [0.1, 0.15) is 0 Å². The van der Waals surface area contributed by atoms with Crippen molar-refractivity contribution < 1.29 is 4.79 Å². The van der Waals surface area contributed by atoms with Gasteiger partial charge in [-0.05, 0) is 32.1 Å². The topological polar surface area (TPSA) is 67.5 Å². The Morgan fingerprint density at radius 1 is 1.35 bits per heavy atom. The van der Waals surface area contributed by atoms with Gasteiger partial charge in [-0.2, -0.15) is 5.10 Å². The molecular formula is C13H25N3O. The summed E-state index contributed by atoms with van der Waals surface area (Å²) < 4.78 is 0. The number of carbonyl (C=O) groups is 1. The number of carbonyl (C=O) groups excluding carboxylic acids is 1. The van der Waals surface area contributed by atoms with E-state index < -0.39 is 6.03 Å². The predicted molar refractivity (Wildman–Crippen MR) is 70.8 cm³/mol. The third-order valence-electron chi connectivity index (χ3n) is 3.71. The quantitative estimate of drug-likeness (QED) is 0.574. The van der Waals surface area contributed by atoms with Crippen LogP contribution < -0.4 is 11.2 Å². The summed E-state index contributed by atoms with van der Waals surface area (Å²) in [6.07, 6.45) is 7.34. The highest BCUT2D eigenvalue weighted by Crippen LogP contribution is 2.42. The van der Waals surface area contributed by atoms with Gasteiger partial charge in [-0.15, -0.1) is 0 Å². The molecule has 0 heterocycles. The van der Waals surface area contributed by atoms with Gasteiger partial charge in [0.2, 0.25) is 0 Å². The molecule has 0 unspecified atom stereocenters. The summed E-state index contributed by atoms with van der Waals surface area (Å²) >= 11 is 0. The van der Waals surface area contributed by atoms with Gasteiger partial charge in [-0.3, -0.25) is 0 Å². The van der Waals surface area contributed by atoms with E-state index in [1.54, 1.807) is 0 Å². The van der Waals surface area contributed by atoms with Gasteiger partial charge in [0.25, 0.3) is 0 Å². The molecule has 3 N–H and O–H groups in total. The molecule has 98 valence electrons. The summed E-state index contributed by atoms with van der Waals surface area (Å²) in [4.78, 5) is 10.7. The molecule has 0 bridgehead atoms. The van der Waals surface area contributed by atoms with E-state index in [-0.39, 0.29) is 5.41 Å². The second kappa shape index (κ2) is 6.03. The maximum absolute atomic E-state index is 10.7. The van der Waals surface area contributed by atoms with Gasteiger partial charge in [0, 0.05) is 11.1 Å². The Labute approximate surface area is 104 Å². The molecule has 1 fully saturated rings. The van der Waals surface area contributed by atoms with Crippen LogP contribution in [-0.2, 0) is 0 Å². The van der Waals surface area contributed by atoms with Gasteiger partial charge in [0.05, 0.1) is 0 Å². The van der Waals surface area contributed by atoms with Crippen molar-refractivity contribution in [1.82, 2.24) is 5.43 Å². The first-order valence-electron chi connectivity index (χ1n) is 6.56. The number of urea groups is 1. The average molecular weight is 239 g/mol. The van der Waals surface area contributed by atoms with Crippen molar-refractivity contribution in [3.8, 4) is 0 Å². The van der Waals surface area contributed by atoms with E-state index in [1.807, 2.05) is 6.92 Å². The Balaban J connectivity index is 2.80. The van der Waals surface area contributed by atoms with E-state index in [1.165, 1.54) is 32.1 Å². The number of hydrazone groups is 1. The van der Waals surface area contributed by atoms with Crippen molar-refractivity contribution >= 4 is 11.7 Å². The number of rotatable bonds is 4. The Morgan fingerprint density at radius 2 is 1.94 bits per heavy atom. The number of nitrogens with two attached hydrogens (primary N) is 1. The molecule has 0 atom stereocenters. The SMILES string of the molecule is C/C(=N/NC(N)=O)C1(CC(C)C)CCCCC1. The summed E-state index contributed by atoms with van der Waals surface area (Å²) in [5.41, 5.74) is 8.63. The largest absolute Gasteiger partial charge is 0.350 e. The van der Waals surface area contributed by atoms with Gasteiger partial charge in [-0.25, -0.2) is 10.2 Å². The van der Waals surface area contributed by atoms with E-state index >= 15 is 0 Å². The van der Waals surface area contributed by atoms with Crippen molar-refractivity contribution in [1.29, 1.82) is 0 Å². The lowest BCUT2D eigenvalue weighted by molar-refractivity contribution is 0.233. The summed E-state index contributed by atoms with van der Waals surface area (Å²) in [6, 6.07) is -0.583. The summed E-state index contributed by atoms with van der Waals surface area (Å²) in [5.74, 6) is 0.645. The normalized spacial score (nSPS) is 20.4. The van der Waals surface area contributed by atoms with Crippen LogP contribution in [-0.4, -0.2) is 11.7 Å². The number of amides is 2. The highest BCUT2D eigenvalue weighted by atomic mass is 16.2. The van der Waals surface area contributed by atoms with Crippen molar-refractivity contribution in [3.63, 3.8) is 0 Å². The van der Waals surface area contributed by atoms with Crippen LogP contribution in [0.4, 0.5) is 4.79 Å². The van der Waals surface area contributed by atoms with E-state index in [0.29, 0.717) is 5.92 Å². The van der Waals surface area contributed by atoms with Crippen molar-refractivity contribution in [2.24, 2.45) is 22.2 Å². The van der Waals surface area contributed by atoms with E-state index in [0.717, 1.165) is 12.1 Å². The van der Waals surface area contributed by atoms with Crippen LogP contribution in [0.5, 0.6) is 0 Å². The van der Waals surface area contributed by atoms with Crippen molar-refractivity contribution in [2.75, 3.05) is 0 Å². The van der Waals surface area contributed by atoms with Crippen LogP contribution in [0.3, 0.4) is 0 Å². The molecule has 4 nitrogen and oxygen atoms in total. The van der Waals surface area contributed by atoms with E-state index in [2.05, 4.69) is 24.4 Å². The Morgan fingerprint density at radius 3 is 2.41 bits per heavy atom. The molecule has 0 radical (unpaired) electrons. The highest BCUT2D eigenvalue weighted by molar-refractivity contribution is 5.89. The van der Waals surface area contributed by atoms with Gasteiger partial charge in [-0.1, -0.05) is 33.1 Å². The number of nitrogens with one attached hydrogen (secondary N) is 1. The minimum Gasteiger partial charge on any atom is -0.350 e. The fraction of sp³-hybridized carbons (Fsp3) is 0.846. The third kappa shape index (κ3) is 4.02. The van der Waals surface area contributed by atoms with Gasteiger partial charge >= 0.3 is 6.03 Å². The molecule has 0 aromatic heterocycles. The molecule has 4 heteroatoms. The lowest BCUT2D eigenvalue weighted by atomic mass is 9.67. The second-order valence-electron chi connectivity index (χ2n) is 5.61. The molecule has 17 heavy (non-hydrogen) atoms. The summed E-state index contributed by atoms with van der Waals surface area (Å²) in [6.45, 7) is 6.50. The fourth-order valence-corrected chi connectivity index (χ4v) is 2.98. The van der Waals surface area contributed by atoms with Crippen molar-refractivity contribution in [3.05, 3.63) is 0 Å². The van der Waals surface area contributed by atoms with Crippen LogP contribution in [0.1, 0.15) is 59.3 Å². The Hall–Kier alpha value is -1.06. The molecule has 1 saturated carbocycles. The lowest BCUT2D eigenvalue weighted by Gasteiger charge is -2.38.